The monoisotopic (exact) mass is 656 g/mol. The van der Waals surface area contributed by atoms with E-state index in [9.17, 15) is 27.6 Å². The van der Waals surface area contributed by atoms with Crippen LogP contribution in [-0.4, -0.2) is 79.8 Å². The van der Waals surface area contributed by atoms with Gasteiger partial charge in [-0.15, -0.1) is 0 Å². The van der Waals surface area contributed by atoms with Crippen molar-refractivity contribution in [1.82, 2.24) is 19.9 Å². The molecular weight excluding hydrogens is 616 g/mol. The van der Waals surface area contributed by atoms with Crippen LogP contribution in [-0.2, 0) is 24.3 Å². The van der Waals surface area contributed by atoms with Crippen LogP contribution < -0.4 is 20.1 Å². The number of fused-ring (bicyclic) bond motifs is 1. The van der Waals surface area contributed by atoms with Crippen LogP contribution in [0.3, 0.4) is 0 Å². The van der Waals surface area contributed by atoms with Gasteiger partial charge >= 0.3 is 0 Å². The molecule has 2 aliphatic heterocycles. The third-order valence-electron chi connectivity index (χ3n) is 8.55. The second kappa shape index (κ2) is 13.0. The maximum atomic E-state index is 13.1. The first-order valence-corrected chi connectivity index (χ1v) is 16.8. The number of hydrogen-bond acceptors (Lipinski definition) is 10. The maximum Gasteiger partial charge on any atom is 0.269 e. The Balaban J connectivity index is 0.982. The van der Waals surface area contributed by atoms with Gasteiger partial charge in [0.1, 0.15) is 16.7 Å². The van der Waals surface area contributed by atoms with Gasteiger partial charge in [-0.05, 0) is 41.9 Å². The Morgan fingerprint density at radius 3 is 2.33 bits per heavy atom. The van der Waals surface area contributed by atoms with Crippen molar-refractivity contribution in [3.05, 3.63) is 47.7 Å². The SMILES string of the molecule is CC1(C)CC(C)(C)C1NC(=O)c1ccc(OCCCOCCCOc2ccc3c(c2)S(=O)(=O)N(C2CCC(=O)NC2=O)C3=O)nc1. The third kappa shape index (κ3) is 6.87. The van der Waals surface area contributed by atoms with Gasteiger partial charge in [-0.2, -0.15) is 0 Å². The second-order valence-electron chi connectivity index (χ2n) is 13.2. The summed E-state index contributed by atoms with van der Waals surface area (Å²) in [7, 11) is -4.28. The molecule has 1 aromatic heterocycles. The Morgan fingerprint density at radius 1 is 1.00 bits per heavy atom. The number of nitrogens with zero attached hydrogens (tertiary/aromatic N) is 2. The number of amides is 4. The first-order chi connectivity index (χ1) is 21.7. The van der Waals surface area contributed by atoms with Gasteiger partial charge in [-0.1, -0.05) is 27.7 Å². The molecule has 5 rings (SSSR count). The molecule has 0 bridgehead atoms. The predicted octanol–water partition coefficient (Wildman–Crippen LogP) is 2.84. The number of imide groups is 1. The lowest BCUT2D eigenvalue weighted by Gasteiger charge is -2.57. The number of hydrogen-bond donors (Lipinski definition) is 2. The van der Waals surface area contributed by atoms with E-state index in [2.05, 4.69) is 43.3 Å². The lowest BCUT2D eigenvalue weighted by Crippen LogP contribution is -2.63. The summed E-state index contributed by atoms with van der Waals surface area (Å²) in [5.41, 5.74) is 0.565. The van der Waals surface area contributed by atoms with Crippen LogP contribution in [0.15, 0.2) is 41.4 Å². The van der Waals surface area contributed by atoms with Crippen LogP contribution in [0.25, 0.3) is 0 Å². The fourth-order valence-electron chi connectivity index (χ4n) is 6.83. The van der Waals surface area contributed by atoms with Crippen molar-refractivity contribution in [3.63, 3.8) is 0 Å². The smallest absolute Gasteiger partial charge is 0.269 e. The zero-order valence-electron chi connectivity index (χ0n) is 26.5. The highest BCUT2D eigenvalue weighted by molar-refractivity contribution is 7.90. The summed E-state index contributed by atoms with van der Waals surface area (Å²) in [6.45, 7) is 10.1. The van der Waals surface area contributed by atoms with E-state index < -0.39 is 33.8 Å². The highest BCUT2D eigenvalue weighted by atomic mass is 32.2. The average Bonchev–Trinajstić information content (AvgIpc) is 3.18. The van der Waals surface area contributed by atoms with Crippen LogP contribution in [0.4, 0.5) is 0 Å². The molecule has 1 saturated heterocycles. The molecule has 3 heterocycles. The van der Waals surface area contributed by atoms with E-state index in [1.54, 1.807) is 12.1 Å². The number of piperidine rings is 1. The molecule has 1 aliphatic carbocycles. The third-order valence-corrected chi connectivity index (χ3v) is 10.4. The summed E-state index contributed by atoms with van der Waals surface area (Å²) in [5.74, 6) is -1.58. The highest BCUT2D eigenvalue weighted by Crippen LogP contribution is 2.53. The molecule has 2 fully saturated rings. The Kier molecular flexibility index (Phi) is 9.41. The summed E-state index contributed by atoms with van der Waals surface area (Å²) in [4.78, 5) is 53.3. The molecule has 248 valence electrons. The number of aromatic nitrogens is 1. The fourth-order valence-corrected chi connectivity index (χ4v) is 8.60. The second-order valence-corrected chi connectivity index (χ2v) is 15.0. The molecule has 0 radical (unpaired) electrons. The molecule has 46 heavy (non-hydrogen) atoms. The number of carbonyl (C=O) groups excluding carboxylic acids is 4. The number of rotatable bonds is 13. The van der Waals surface area contributed by atoms with Crippen LogP contribution in [0.2, 0.25) is 0 Å². The zero-order chi connectivity index (χ0) is 33.3. The van der Waals surface area contributed by atoms with Crippen molar-refractivity contribution >= 4 is 33.7 Å². The average molecular weight is 657 g/mol. The minimum absolute atomic E-state index is 0.0450. The quantitative estimate of drug-likeness (QED) is 0.241. The molecule has 1 aromatic carbocycles. The summed E-state index contributed by atoms with van der Waals surface area (Å²) in [6.07, 6.45) is 3.60. The predicted molar refractivity (Wildman–Crippen MR) is 165 cm³/mol. The summed E-state index contributed by atoms with van der Waals surface area (Å²) >= 11 is 0. The maximum absolute atomic E-state index is 13.1. The normalized spacial score (nSPS) is 21.3. The minimum atomic E-state index is -4.28. The molecule has 2 aromatic rings. The molecule has 0 spiro atoms. The van der Waals surface area contributed by atoms with Crippen molar-refractivity contribution in [2.45, 2.75) is 76.8 Å². The standard InChI is InChI=1S/C32H40N4O9S/c1-31(2)19-32(3,4)30(31)35-27(38)20-7-12-26(33-18-20)45-16-6-14-43-13-5-15-44-21-8-9-22-24(17-21)46(41,42)36(29(22)40)23-10-11-25(37)34-28(23)39/h7-9,12,17-18,23,30H,5-6,10-11,13-16,19H2,1-4H3,(H,35,38)(H,34,37,39). The van der Waals surface area contributed by atoms with Gasteiger partial charge < -0.3 is 19.5 Å². The van der Waals surface area contributed by atoms with E-state index >= 15 is 0 Å². The summed E-state index contributed by atoms with van der Waals surface area (Å²) in [5, 5.41) is 5.24. The van der Waals surface area contributed by atoms with Crippen LogP contribution >= 0.6 is 0 Å². The van der Waals surface area contributed by atoms with E-state index in [0.29, 0.717) is 48.4 Å². The van der Waals surface area contributed by atoms with Crippen molar-refractivity contribution in [3.8, 4) is 11.6 Å². The van der Waals surface area contributed by atoms with Crippen molar-refractivity contribution in [2.75, 3.05) is 26.4 Å². The first kappa shape index (κ1) is 33.3. The summed E-state index contributed by atoms with van der Waals surface area (Å²) in [6, 6.07) is 6.34. The minimum Gasteiger partial charge on any atom is -0.493 e. The van der Waals surface area contributed by atoms with Gasteiger partial charge in [0.25, 0.3) is 27.7 Å². The van der Waals surface area contributed by atoms with Crippen molar-refractivity contribution < 1.29 is 41.8 Å². The van der Waals surface area contributed by atoms with E-state index in [0.717, 1.165) is 6.42 Å². The molecule has 2 N–H and O–H groups in total. The van der Waals surface area contributed by atoms with E-state index in [1.165, 1.54) is 24.4 Å². The number of ether oxygens (including phenoxy) is 3. The number of carbonyl (C=O) groups is 4. The first-order valence-electron chi connectivity index (χ1n) is 15.4. The molecule has 13 nitrogen and oxygen atoms in total. The lowest BCUT2D eigenvalue weighted by molar-refractivity contribution is -0.135. The molecule has 1 saturated carbocycles. The van der Waals surface area contributed by atoms with Gasteiger partial charge in [0.15, 0.2) is 0 Å². The molecule has 4 amide bonds. The van der Waals surface area contributed by atoms with Gasteiger partial charge in [-0.25, -0.2) is 17.7 Å². The van der Waals surface area contributed by atoms with Gasteiger partial charge in [0, 0.05) is 56.8 Å². The molecule has 1 atom stereocenters. The lowest BCUT2D eigenvalue weighted by atomic mass is 9.52. The number of benzene rings is 1. The van der Waals surface area contributed by atoms with Gasteiger partial charge in [-0.3, -0.25) is 24.5 Å². The molecular formula is C32H40N4O9S. The Morgan fingerprint density at radius 2 is 1.70 bits per heavy atom. The Hall–Kier alpha value is -4.04. The molecule has 3 aliphatic rings. The van der Waals surface area contributed by atoms with E-state index in [4.69, 9.17) is 14.2 Å². The largest absolute Gasteiger partial charge is 0.493 e. The Bertz CT molecular complexity index is 1610. The number of pyridine rings is 1. The summed E-state index contributed by atoms with van der Waals surface area (Å²) < 4.78 is 43.8. The Labute approximate surface area is 268 Å². The fraction of sp³-hybridized carbons (Fsp3) is 0.531. The van der Waals surface area contributed by atoms with Crippen LogP contribution in [0, 0.1) is 10.8 Å². The van der Waals surface area contributed by atoms with E-state index in [1.807, 2.05) is 0 Å². The number of sulfonamides is 1. The van der Waals surface area contributed by atoms with Crippen LogP contribution in [0.5, 0.6) is 11.6 Å². The zero-order valence-corrected chi connectivity index (χ0v) is 27.3. The van der Waals surface area contributed by atoms with E-state index in [-0.39, 0.29) is 58.4 Å². The van der Waals surface area contributed by atoms with Crippen molar-refractivity contribution in [1.29, 1.82) is 0 Å². The van der Waals surface area contributed by atoms with Gasteiger partial charge in [0.2, 0.25) is 11.8 Å². The van der Waals surface area contributed by atoms with Crippen molar-refractivity contribution in [2.24, 2.45) is 10.8 Å². The van der Waals surface area contributed by atoms with Crippen LogP contribution in [0.1, 0.15) is 80.5 Å². The van der Waals surface area contributed by atoms with Gasteiger partial charge in [0.05, 0.1) is 24.3 Å². The number of nitrogens with one attached hydrogen (secondary N) is 2. The molecule has 14 heteroatoms. The topological polar surface area (TPSA) is 170 Å². The highest BCUT2D eigenvalue weighted by Gasteiger charge is 2.53. The molecule has 1 unspecified atom stereocenters.